The number of rotatable bonds is 4. The van der Waals surface area contributed by atoms with E-state index in [4.69, 9.17) is 9.40 Å². The minimum atomic E-state index is -0.321. The van der Waals surface area contributed by atoms with Crippen molar-refractivity contribution >= 4 is 17.4 Å². The molecule has 3 aromatic rings. The summed E-state index contributed by atoms with van der Waals surface area (Å²) in [5.74, 6) is 1.04. The highest BCUT2D eigenvalue weighted by Gasteiger charge is 2.26. The quantitative estimate of drug-likeness (QED) is 0.729. The minimum Gasteiger partial charge on any atom is -0.472 e. The van der Waals surface area contributed by atoms with E-state index in [1.807, 2.05) is 17.0 Å². The number of nitrogens with zero attached hydrogens (tertiary/aromatic N) is 3. The predicted octanol–water partition coefficient (Wildman–Crippen LogP) is 4.35. The Hall–Kier alpha value is -3.22. The maximum absolute atomic E-state index is 13.5. The molecule has 0 saturated carbocycles. The number of likely N-dealkylation sites (tertiary alicyclic amines) is 1. The zero-order valence-electron chi connectivity index (χ0n) is 15.6. The second-order valence-corrected chi connectivity index (χ2v) is 6.95. The van der Waals surface area contributed by atoms with Gasteiger partial charge in [0, 0.05) is 43.2 Å². The molecule has 0 bridgehead atoms. The zero-order chi connectivity index (χ0) is 19.5. The summed E-state index contributed by atoms with van der Waals surface area (Å²) in [6, 6.07) is 9.87. The number of hydrogen-bond acceptors (Lipinski definition) is 5. The number of hydrogen-bond donors (Lipinski definition) is 1. The fourth-order valence-electron chi connectivity index (χ4n) is 3.46. The van der Waals surface area contributed by atoms with Gasteiger partial charge in [0.2, 0.25) is 5.91 Å². The van der Waals surface area contributed by atoms with Crippen molar-refractivity contribution in [1.29, 1.82) is 0 Å². The second kappa shape index (κ2) is 7.80. The lowest BCUT2D eigenvalue weighted by atomic mass is 9.97. The minimum absolute atomic E-state index is 0.0533. The van der Waals surface area contributed by atoms with Crippen LogP contribution in [0.15, 0.2) is 53.3 Å². The van der Waals surface area contributed by atoms with Crippen molar-refractivity contribution in [3.05, 3.63) is 60.6 Å². The number of halogens is 1. The van der Waals surface area contributed by atoms with Crippen LogP contribution in [0.2, 0.25) is 0 Å². The Bertz CT molecular complexity index is 974. The SMILES string of the molecule is CC(=O)N1CCCC(c2nc(Nc3cccc(F)c3)cc(-c3ccoc3)n2)C1. The summed E-state index contributed by atoms with van der Waals surface area (Å²) in [5.41, 5.74) is 2.17. The molecule has 2 aromatic heterocycles. The number of carbonyl (C=O) groups is 1. The molecule has 1 aromatic carbocycles. The first kappa shape index (κ1) is 18.2. The first-order valence-corrected chi connectivity index (χ1v) is 9.28. The van der Waals surface area contributed by atoms with E-state index in [0.717, 1.165) is 30.6 Å². The molecule has 1 N–H and O–H groups in total. The normalized spacial score (nSPS) is 16.8. The molecule has 1 amide bonds. The number of nitrogens with one attached hydrogen (secondary N) is 1. The van der Waals surface area contributed by atoms with Gasteiger partial charge >= 0.3 is 0 Å². The van der Waals surface area contributed by atoms with Gasteiger partial charge in [-0.1, -0.05) is 6.07 Å². The number of amides is 1. The van der Waals surface area contributed by atoms with Gasteiger partial charge in [0.15, 0.2) is 0 Å². The molecule has 1 saturated heterocycles. The molecule has 144 valence electrons. The molecule has 1 atom stereocenters. The Morgan fingerprint density at radius 1 is 1.29 bits per heavy atom. The zero-order valence-corrected chi connectivity index (χ0v) is 15.6. The number of aromatic nitrogens is 2. The van der Waals surface area contributed by atoms with Crippen LogP contribution in [0.1, 0.15) is 31.5 Å². The van der Waals surface area contributed by atoms with Gasteiger partial charge in [-0.05, 0) is 37.1 Å². The molecule has 1 aliphatic heterocycles. The van der Waals surface area contributed by atoms with Crippen molar-refractivity contribution in [1.82, 2.24) is 14.9 Å². The van der Waals surface area contributed by atoms with Crippen LogP contribution < -0.4 is 5.32 Å². The van der Waals surface area contributed by atoms with Gasteiger partial charge < -0.3 is 14.6 Å². The van der Waals surface area contributed by atoms with Crippen LogP contribution in [0.25, 0.3) is 11.3 Å². The third kappa shape index (κ3) is 4.03. The molecular weight excluding hydrogens is 359 g/mol. The molecule has 0 radical (unpaired) electrons. The van der Waals surface area contributed by atoms with Crippen molar-refractivity contribution in [3.63, 3.8) is 0 Å². The molecule has 3 heterocycles. The van der Waals surface area contributed by atoms with E-state index in [0.29, 0.717) is 23.9 Å². The van der Waals surface area contributed by atoms with Crippen LogP contribution in [0.3, 0.4) is 0 Å². The fourth-order valence-corrected chi connectivity index (χ4v) is 3.46. The van der Waals surface area contributed by atoms with E-state index >= 15 is 0 Å². The van der Waals surface area contributed by atoms with Gasteiger partial charge in [0.25, 0.3) is 0 Å². The van der Waals surface area contributed by atoms with Crippen LogP contribution in [-0.2, 0) is 4.79 Å². The summed E-state index contributed by atoms with van der Waals surface area (Å²) in [7, 11) is 0. The standard InChI is InChI=1S/C21H21FN4O2/c1-14(27)26-8-3-4-15(12-26)21-24-19(16-7-9-28-13-16)11-20(25-21)23-18-6-2-5-17(22)10-18/h2,5-7,9-11,13,15H,3-4,8,12H2,1H3,(H,23,24,25). The Morgan fingerprint density at radius 2 is 2.18 bits per heavy atom. The molecule has 6 nitrogen and oxygen atoms in total. The summed E-state index contributed by atoms with van der Waals surface area (Å²) in [6.07, 6.45) is 5.05. The number of benzene rings is 1. The maximum atomic E-state index is 13.5. The highest BCUT2D eigenvalue weighted by atomic mass is 19.1. The number of furan rings is 1. The lowest BCUT2D eigenvalue weighted by Crippen LogP contribution is -2.38. The average molecular weight is 380 g/mol. The summed E-state index contributed by atoms with van der Waals surface area (Å²) in [4.78, 5) is 23.0. The molecular formula is C21H21FN4O2. The largest absolute Gasteiger partial charge is 0.472 e. The monoisotopic (exact) mass is 380 g/mol. The lowest BCUT2D eigenvalue weighted by molar-refractivity contribution is -0.130. The van der Waals surface area contributed by atoms with Crippen molar-refractivity contribution in [2.24, 2.45) is 0 Å². The topological polar surface area (TPSA) is 71.3 Å². The van der Waals surface area contributed by atoms with Gasteiger partial charge in [0.05, 0.1) is 18.2 Å². The highest BCUT2D eigenvalue weighted by molar-refractivity contribution is 5.73. The van der Waals surface area contributed by atoms with E-state index in [1.165, 1.54) is 12.1 Å². The Labute approximate surface area is 162 Å². The molecule has 28 heavy (non-hydrogen) atoms. The van der Waals surface area contributed by atoms with Crippen molar-refractivity contribution in [2.75, 3.05) is 18.4 Å². The highest BCUT2D eigenvalue weighted by Crippen LogP contribution is 2.29. The van der Waals surface area contributed by atoms with Crippen LogP contribution in [0, 0.1) is 5.82 Å². The molecule has 0 aliphatic carbocycles. The molecule has 4 rings (SSSR count). The summed E-state index contributed by atoms with van der Waals surface area (Å²) in [6.45, 7) is 2.95. The third-order valence-electron chi connectivity index (χ3n) is 4.89. The van der Waals surface area contributed by atoms with E-state index < -0.39 is 0 Å². The fraction of sp³-hybridized carbons (Fsp3) is 0.286. The Morgan fingerprint density at radius 3 is 2.93 bits per heavy atom. The molecule has 1 aliphatic rings. The first-order chi connectivity index (χ1) is 13.6. The van der Waals surface area contributed by atoms with Gasteiger partial charge in [-0.15, -0.1) is 0 Å². The Kier molecular flexibility index (Phi) is 5.06. The number of carbonyl (C=O) groups excluding carboxylic acids is 1. The second-order valence-electron chi connectivity index (χ2n) is 6.95. The van der Waals surface area contributed by atoms with E-state index in [9.17, 15) is 9.18 Å². The average Bonchev–Trinajstić information content (AvgIpc) is 3.23. The van der Waals surface area contributed by atoms with Crippen molar-refractivity contribution in [3.8, 4) is 11.3 Å². The molecule has 0 spiro atoms. The maximum Gasteiger partial charge on any atom is 0.219 e. The predicted molar refractivity (Wildman–Crippen MR) is 104 cm³/mol. The molecule has 7 heteroatoms. The molecule has 1 fully saturated rings. The van der Waals surface area contributed by atoms with Crippen LogP contribution >= 0.6 is 0 Å². The smallest absolute Gasteiger partial charge is 0.219 e. The lowest BCUT2D eigenvalue weighted by Gasteiger charge is -2.31. The van der Waals surface area contributed by atoms with Crippen molar-refractivity contribution in [2.45, 2.75) is 25.7 Å². The van der Waals surface area contributed by atoms with E-state index in [-0.39, 0.29) is 17.6 Å². The Balaban J connectivity index is 1.69. The third-order valence-corrected chi connectivity index (χ3v) is 4.89. The number of anilines is 2. The van der Waals surface area contributed by atoms with Gasteiger partial charge in [-0.2, -0.15) is 0 Å². The van der Waals surface area contributed by atoms with Crippen molar-refractivity contribution < 1.29 is 13.6 Å². The van der Waals surface area contributed by atoms with E-state index in [2.05, 4.69) is 10.3 Å². The van der Waals surface area contributed by atoms with E-state index in [1.54, 1.807) is 31.6 Å². The summed E-state index contributed by atoms with van der Waals surface area (Å²) >= 11 is 0. The van der Waals surface area contributed by atoms with Gasteiger partial charge in [-0.3, -0.25) is 4.79 Å². The van der Waals surface area contributed by atoms with Crippen LogP contribution in [0.5, 0.6) is 0 Å². The summed E-state index contributed by atoms with van der Waals surface area (Å²) < 4.78 is 18.7. The van der Waals surface area contributed by atoms with Crippen LogP contribution in [-0.4, -0.2) is 33.9 Å². The summed E-state index contributed by atoms with van der Waals surface area (Å²) in [5, 5.41) is 3.16. The number of piperidine rings is 1. The van der Waals surface area contributed by atoms with Gasteiger partial charge in [-0.25, -0.2) is 14.4 Å². The van der Waals surface area contributed by atoms with Gasteiger partial charge in [0.1, 0.15) is 17.5 Å². The van der Waals surface area contributed by atoms with Crippen LogP contribution in [0.4, 0.5) is 15.9 Å². The molecule has 1 unspecified atom stereocenters. The first-order valence-electron chi connectivity index (χ1n) is 9.28.